The lowest BCUT2D eigenvalue weighted by Gasteiger charge is -2.40. The number of hydrazine groups is 1. The highest BCUT2D eigenvalue weighted by atomic mass is 16.5. The fourth-order valence-corrected chi connectivity index (χ4v) is 4.86. The molecule has 2 unspecified atom stereocenters. The molecule has 0 aliphatic carbocycles. The van der Waals surface area contributed by atoms with Crippen LogP contribution in [-0.2, 0) is 35.4 Å². The number of fused-ring (bicyclic) bond motifs is 1. The minimum atomic E-state index is 0.166. The molecule has 2 aliphatic rings. The molecule has 0 radical (unpaired) electrons. The minimum Gasteiger partial charge on any atom is -0.373 e. The third-order valence-corrected chi connectivity index (χ3v) is 6.83. The van der Waals surface area contributed by atoms with E-state index in [1.807, 2.05) is 29.2 Å². The van der Waals surface area contributed by atoms with Crippen molar-refractivity contribution in [3.63, 3.8) is 0 Å². The Kier molecular flexibility index (Phi) is 7.82. The van der Waals surface area contributed by atoms with Crippen LogP contribution in [-0.4, -0.2) is 60.4 Å². The maximum Gasteiger partial charge on any atom is 0.227 e. The number of hydrazone groups is 1. The van der Waals surface area contributed by atoms with Gasteiger partial charge in [0.2, 0.25) is 5.91 Å². The van der Waals surface area contributed by atoms with E-state index in [1.165, 1.54) is 28.0 Å². The SMILES string of the molecule is CC1Cc2cc(CCN3CCN(C(=O)Cc4ccc(N(N)/C=N\N)cc4)C(C)C3)ccc2CO1. The zero-order valence-electron chi connectivity index (χ0n) is 20.2. The van der Waals surface area contributed by atoms with Gasteiger partial charge in [-0.05, 0) is 61.1 Å². The van der Waals surface area contributed by atoms with Crippen molar-refractivity contribution in [2.45, 2.75) is 51.9 Å². The van der Waals surface area contributed by atoms with Gasteiger partial charge in [0, 0.05) is 32.2 Å². The van der Waals surface area contributed by atoms with Crippen LogP contribution in [0.5, 0.6) is 0 Å². The summed E-state index contributed by atoms with van der Waals surface area (Å²) in [4.78, 5) is 17.5. The van der Waals surface area contributed by atoms with E-state index in [-0.39, 0.29) is 11.9 Å². The van der Waals surface area contributed by atoms with Crippen LogP contribution in [0.1, 0.15) is 36.1 Å². The third-order valence-electron chi connectivity index (χ3n) is 6.83. The number of ether oxygens (including phenoxy) is 1. The highest BCUT2D eigenvalue weighted by molar-refractivity contribution is 5.80. The summed E-state index contributed by atoms with van der Waals surface area (Å²) in [6.45, 7) is 8.60. The number of hydrogen-bond donors (Lipinski definition) is 2. The number of nitrogens with zero attached hydrogens (tertiary/aromatic N) is 4. The number of piperazine rings is 1. The molecular formula is C26H36N6O2. The fourth-order valence-electron chi connectivity index (χ4n) is 4.86. The van der Waals surface area contributed by atoms with E-state index in [9.17, 15) is 4.79 Å². The average molecular weight is 465 g/mol. The molecule has 2 heterocycles. The van der Waals surface area contributed by atoms with Gasteiger partial charge in [-0.2, -0.15) is 5.10 Å². The molecule has 2 aromatic carbocycles. The zero-order valence-corrected chi connectivity index (χ0v) is 20.2. The Hall–Kier alpha value is -2.94. The molecule has 4 rings (SSSR count). The molecule has 2 aliphatic heterocycles. The lowest BCUT2D eigenvalue weighted by molar-refractivity contribution is -0.134. The van der Waals surface area contributed by atoms with Gasteiger partial charge >= 0.3 is 0 Å². The molecule has 8 heteroatoms. The minimum absolute atomic E-state index is 0.166. The lowest BCUT2D eigenvalue weighted by atomic mass is 9.96. The van der Waals surface area contributed by atoms with Crippen LogP contribution in [0.3, 0.4) is 0 Å². The maximum absolute atomic E-state index is 13.0. The van der Waals surface area contributed by atoms with E-state index in [0.29, 0.717) is 12.5 Å². The van der Waals surface area contributed by atoms with Crippen LogP contribution < -0.4 is 16.7 Å². The van der Waals surface area contributed by atoms with Crippen molar-refractivity contribution < 1.29 is 9.53 Å². The first kappa shape index (κ1) is 24.2. The number of carbonyl (C=O) groups is 1. The molecule has 0 aromatic heterocycles. The number of hydrogen-bond acceptors (Lipinski definition) is 6. The second-order valence-electron chi connectivity index (χ2n) is 9.43. The molecule has 2 atom stereocenters. The van der Waals surface area contributed by atoms with Gasteiger partial charge in [0.1, 0.15) is 6.34 Å². The molecule has 1 fully saturated rings. The van der Waals surface area contributed by atoms with Crippen molar-refractivity contribution >= 4 is 17.9 Å². The van der Waals surface area contributed by atoms with Gasteiger partial charge in [-0.15, -0.1) is 0 Å². The first-order chi connectivity index (χ1) is 16.4. The maximum atomic E-state index is 13.0. The topological polar surface area (TPSA) is 100 Å². The van der Waals surface area contributed by atoms with Crippen LogP contribution in [0, 0.1) is 0 Å². The normalized spacial score (nSPS) is 21.0. The van der Waals surface area contributed by atoms with E-state index < -0.39 is 0 Å². The quantitative estimate of drug-likeness (QED) is 0.282. The monoisotopic (exact) mass is 464 g/mol. The molecule has 0 bridgehead atoms. The summed E-state index contributed by atoms with van der Waals surface area (Å²) in [5, 5.41) is 4.75. The lowest BCUT2D eigenvalue weighted by Crippen LogP contribution is -2.54. The number of carbonyl (C=O) groups excluding carboxylic acids is 1. The zero-order chi connectivity index (χ0) is 24.1. The van der Waals surface area contributed by atoms with Crippen LogP contribution in [0.2, 0.25) is 0 Å². The molecule has 0 saturated carbocycles. The molecule has 8 nitrogen and oxygen atoms in total. The first-order valence-corrected chi connectivity index (χ1v) is 12.0. The predicted molar refractivity (Wildman–Crippen MR) is 135 cm³/mol. The molecule has 1 saturated heterocycles. The standard InChI is InChI=1S/C26H36N6O2/c1-19-16-30(10-9-22-3-6-23-17-34-20(2)13-24(23)14-22)11-12-31(19)26(33)15-21-4-7-25(8-5-21)32(28)18-29-27/h3-8,14,18-20H,9-13,15-17,27-28H2,1-2H3/b29-18-. The van der Waals surface area contributed by atoms with Gasteiger partial charge in [0.05, 0.1) is 24.8 Å². The van der Waals surface area contributed by atoms with Crippen LogP contribution in [0.15, 0.2) is 47.6 Å². The highest BCUT2D eigenvalue weighted by Gasteiger charge is 2.27. The van der Waals surface area contributed by atoms with Gasteiger partial charge in [-0.25, -0.2) is 5.84 Å². The van der Waals surface area contributed by atoms with Crippen molar-refractivity contribution in [1.29, 1.82) is 0 Å². The van der Waals surface area contributed by atoms with Crippen LogP contribution in [0.4, 0.5) is 5.69 Å². The summed E-state index contributed by atoms with van der Waals surface area (Å²) >= 11 is 0. The molecule has 0 spiro atoms. The number of anilines is 1. The van der Waals surface area contributed by atoms with Gasteiger partial charge in [0.25, 0.3) is 0 Å². The van der Waals surface area contributed by atoms with Gasteiger partial charge < -0.3 is 15.5 Å². The molecule has 1 amide bonds. The third kappa shape index (κ3) is 5.94. The summed E-state index contributed by atoms with van der Waals surface area (Å²) in [5.41, 5.74) is 5.86. The van der Waals surface area contributed by atoms with Crippen molar-refractivity contribution in [3.05, 3.63) is 64.7 Å². The average Bonchev–Trinajstić information content (AvgIpc) is 2.83. The predicted octanol–water partition coefficient (Wildman–Crippen LogP) is 2.05. The number of nitrogens with two attached hydrogens (primary N) is 2. The molecular weight excluding hydrogens is 428 g/mol. The summed E-state index contributed by atoms with van der Waals surface area (Å²) < 4.78 is 5.75. The van der Waals surface area contributed by atoms with E-state index >= 15 is 0 Å². The summed E-state index contributed by atoms with van der Waals surface area (Å²) in [5.74, 6) is 11.1. The van der Waals surface area contributed by atoms with E-state index in [2.05, 4.69) is 42.0 Å². The van der Waals surface area contributed by atoms with E-state index in [0.717, 1.165) is 56.9 Å². The van der Waals surface area contributed by atoms with Gasteiger partial charge in [-0.1, -0.05) is 30.3 Å². The molecule has 182 valence electrons. The Balaban J connectivity index is 1.26. The highest BCUT2D eigenvalue weighted by Crippen LogP contribution is 2.22. The van der Waals surface area contributed by atoms with Crippen molar-refractivity contribution in [2.24, 2.45) is 16.8 Å². The Bertz CT molecular complexity index is 1010. The van der Waals surface area contributed by atoms with Crippen LogP contribution >= 0.6 is 0 Å². The van der Waals surface area contributed by atoms with Crippen molar-refractivity contribution in [2.75, 3.05) is 31.2 Å². The van der Waals surface area contributed by atoms with E-state index in [1.54, 1.807) is 0 Å². The summed E-state index contributed by atoms with van der Waals surface area (Å²) in [7, 11) is 0. The number of benzene rings is 2. The Morgan fingerprint density at radius 1 is 1.15 bits per heavy atom. The van der Waals surface area contributed by atoms with Crippen molar-refractivity contribution in [3.8, 4) is 0 Å². The smallest absolute Gasteiger partial charge is 0.227 e. The largest absolute Gasteiger partial charge is 0.373 e. The van der Waals surface area contributed by atoms with Gasteiger partial charge in [-0.3, -0.25) is 14.7 Å². The second-order valence-corrected chi connectivity index (χ2v) is 9.43. The van der Waals surface area contributed by atoms with Crippen LogP contribution in [0.25, 0.3) is 0 Å². The molecule has 34 heavy (non-hydrogen) atoms. The number of amides is 1. The summed E-state index contributed by atoms with van der Waals surface area (Å²) in [6.07, 6.45) is 4.05. The Labute approximate surface area is 202 Å². The number of rotatable bonds is 7. The first-order valence-electron chi connectivity index (χ1n) is 12.0. The Morgan fingerprint density at radius 2 is 1.91 bits per heavy atom. The molecule has 2 aromatic rings. The summed E-state index contributed by atoms with van der Waals surface area (Å²) in [6, 6.07) is 14.6. The van der Waals surface area contributed by atoms with Gasteiger partial charge in [0.15, 0.2) is 0 Å². The fraction of sp³-hybridized carbons (Fsp3) is 0.462. The second kappa shape index (κ2) is 11.0. The molecule has 4 N–H and O–H groups in total. The Morgan fingerprint density at radius 3 is 2.65 bits per heavy atom. The van der Waals surface area contributed by atoms with E-state index in [4.69, 9.17) is 16.4 Å². The van der Waals surface area contributed by atoms with Crippen molar-refractivity contribution in [1.82, 2.24) is 9.80 Å².